The molecule has 1 fully saturated rings. The van der Waals surface area contributed by atoms with Gasteiger partial charge in [-0.15, -0.1) is 0 Å². The number of hydrogen-bond donors (Lipinski definition) is 2. The summed E-state index contributed by atoms with van der Waals surface area (Å²) in [5.74, 6) is -0.382. The van der Waals surface area contributed by atoms with Crippen LogP contribution >= 0.6 is 0 Å². The molecule has 2 N–H and O–H groups in total. The van der Waals surface area contributed by atoms with Crippen LogP contribution in [0, 0.1) is 0 Å². The summed E-state index contributed by atoms with van der Waals surface area (Å²) in [6.45, 7) is 4.88. The zero-order valence-corrected chi connectivity index (χ0v) is 15.7. The van der Waals surface area contributed by atoms with Gasteiger partial charge in [0.2, 0.25) is 5.95 Å². The Balaban J connectivity index is 1.53. The van der Waals surface area contributed by atoms with E-state index < -0.39 is 5.97 Å². The molecule has 0 atom stereocenters. The van der Waals surface area contributed by atoms with Gasteiger partial charge in [-0.3, -0.25) is 9.69 Å². The minimum Gasteiger partial charge on any atom is -0.465 e. The molecule has 1 aromatic carbocycles. The van der Waals surface area contributed by atoms with Crippen molar-refractivity contribution in [3.8, 4) is 0 Å². The number of ether oxygens (including phenoxy) is 2. The first-order valence-electron chi connectivity index (χ1n) is 9.02. The number of benzene rings is 1. The van der Waals surface area contributed by atoms with E-state index in [1.807, 2.05) is 0 Å². The number of carbonyl (C=O) groups is 2. The van der Waals surface area contributed by atoms with Gasteiger partial charge in [0.1, 0.15) is 5.69 Å². The zero-order valence-electron chi connectivity index (χ0n) is 15.7. The van der Waals surface area contributed by atoms with Crippen molar-refractivity contribution in [2.75, 3.05) is 57.1 Å². The van der Waals surface area contributed by atoms with Gasteiger partial charge in [0.25, 0.3) is 5.91 Å². The van der Waals surface area contributed by atoms with E-state index in [-0.39, 0.29) is 11.6 Å². The highest BCUT2D eigenvalue weighted by atomic mass is 16.5. The SMILES string of the molecule is COC(=O)c1ccc(NC(=O)c2ccnc(NCCN3CCOCC3)n2)cc1. The molecule has 1 saturated heterocycles. The smallest absolute Gasteiger partial charge is 0.337 e. The van der Waals surface area contributed by atoms with Crippen molar-refractivity contribution in [2.45, 2.75) is 0 Å². The fourth-order valence-corrected chi connectivity index (χ4v) is 2.72. The molecule has 1 amide bonds. The normalized spacial score (nSPS) is 14.3. The molecule has 28 heavy (non-hydrogen) atoms. The molecule has 1 aromatic heterocycles. The monoisotopic (exact) mass is 385 g/mol. The number of esters is 1. The lowest BCUT2D eigenvalue weighted by molar-refractivity contribution is 0.0398. The molecule has 0 aliphatic carbocycles. The molecule has 0 unspecified atom stereocenters. The molecule has 0 spiro atoms. The maximum Gasteiger partial charge on any atom is 0.337 e. The summed E-state index contributed by atoms with van der Waals surface area (Å²) in [5, 5.41) is 5.89. The Hall–Kier alpha value is -3.04. The summed E-state index contributed by atoms with van der Waals surface area (Å²) in [6, 6.07) is 7.98. The van der Waals surface area contributed by atoms with E-state index in [9.17, 15) is 9.59 Å². The van der Waals surface area contributed by atoms with Crippen molar-refractivity contribution < 1.29 is 19.1 Å². The number of aromatic nitrogens is 2. The standard InChI is InChI=1S/C19H23N5O4/c1-27-18(26)14-2-4-15(5-3-14)22-17(25)16-6-7-20-19(23-16)21-8-9-24-10-12-28-13-11-24/h2-7H,8-13H2,1H3,(H,22,25)(H,20,21,23). The molecule has 1 aliphatic rings. The average molecular weight is 385 g/mol. The van der Waals surface area contributed by atoms with Crippen molar-refractivity contribution in [1.82, 2.24) is 14.9 Å². The highest BCUT2D eigenvalue weighted by Crippen LogP contribution is 2.12. The summed E-state index contributed by atoms with van der Waals surface area (Å²) in [6.07, 6.45) is 1.54. The van der Waals surface area contributed by atoms with Crippen molar-refractivity contribution in [2.24, 2.45) is 0 Å². The zero-order chi connectivity index (χ0) is 19.8. The first-order chi connectivity index (χ1) is 13.7. The van der Waals surface area contributed by atoms with Crippen LogP contribution in [0.3, 0.4) is 0 Å². The van der Waals surface area contributed by atoms with E-state index in [0.717, 1.165) is 32.8 Å². The molecule has 0 radical (unpaired) electrons. The van der Waals surface area contributed by atoms with Crippen LogP contribution in [0.2, 0.25) is 0 Å². The molecule has 3 rings (SSSR count). The Morgan fingerprint density at radius 2 is 1.93 bits per heavy atom. The molecular formula is C19H23N5O4. The van der Waals surface area contributed by atoms with Crippen LogP contribution in [0.25, 0.3) is 0 Å². The quantitative estimate of drug-likeness (QED) is 0.686. The fraction of sp³-hybridized carbons (Fsp3) is 0.368. The van der Waals surface area contributed by atoms with Crippen LogP contribution in [0.1, 0.15) is 20.8 Å². The summed E-state index contributed by atoms with van der Waals surface area (Å²) in [7, 11) is 1.32. The number of morpholine rings is 1. The van der Waals surface area contributed by atoms with Crippen LogP contribution in [-0.2, 0) is 9.47 Å². The van der Waals surface area contributed by atoms with E-state index in [4.69, 9.17) is 4.74 Å². The van der Waals surface area contributed by atoms with Crippen molar-refractivity contribution in [1.29, 1.82) is 0 Å². The minimum absolute atomic E-state index is 0.251. The van der Waals surface area contributed by atoms with Gasteiger partial charge in [-0.1, -0.05) is 0 Å². The second-order valence-corrected chi connectivity index (χ2v) is 6.17. The van der Waals surface area contributed by atoms with Gasteiger partial charge in [0.05, 0.1) is 25.9 Å². The van der Waals surface area contributed by atoms with Crippen LogP contribution in [-0.4, -0.2) is 73.2 Å². The maximum atomic E-state index is 12.4. The van der Waals surface area contributed by atoms with Gasteiger partial charge in [0.15, 0.2) is 0 Å². The van der Waals surface area contributed by atoms with Crippen molar-refractivity contribution >= 4 is 23.5 Å². The number of hydrogen-bond acceptors (Lipinski definition) is 8. The minimum atomic E-state index is -0.429. The molecule has 148 valence electrons. The fourth-order valence-electron chi connectivity index (χ4n) is 2.72. The number of rotatable bonds is 7. The molecule has 0 bridgehead atoms. The lowest BCUT2D eigenvalue weighted by atomic mass is 10.2. The highest BCUT2D eigenvalue weighted by Gasteiger charge is 2.12. The van der Waals surface area contributed by atoms with Gasteiger partial charge in [-0.05, 0) is 30.3 Å². The van der Waals surface area contributed by atoms with Crippen LogP contribution < -0.4 is 10.6 Å². The Morgan fingerprint density at radius 1 is 1.18 bits per heavy atom. The summed E-state index contributed by atoms with van der Waals surface area (Å²) in [5.41, 5.74) is 1.22. The second-order valence-electron chi connectivity index (χ2n) is 6.17. The highest BCUT2D eigenvalue weighted by molar-refractivity contribution is 6.03. The number of nitrogens with one attached hydrogen (secondary N) is 2. The predicted octanol–water partition coefficient (Wildman–Crippen LogP) is 1.26. The first kappa shape index (κ1) is 19.7. The third-order valence-corrected chi connectivity index (χ3v) is 4.27. The van der Waals surface area contributed by atoms with Gasteiger partial charge in [-0.2, -0.15) is 0 Å². The number of methoxy groups -OCH3 is 1. The number of carbonyl (C=O) groups excluding carboxylic acids is 2. The van der Waals surface area contributed by atoms with Crippen molar-refractivity contribution in [3.05, 3.63) is 47.8 Å². The van der Waals surface area contributed by atoms with Crippen LogP contribution in [0.5, 0.6) is 0 Å². The first-order valence-corrected chi connectivity index (χ1v) is 9.02. The van der Waals surface area contributed by atoms with Crippen LogP contribution in [0.4, 0.5) is 11.6 Å². The molecular weight excluding hydrogens is 362 g/mol. The number of amides is 1. The van der Waals surface area contributed by atoms with Gasteiger partial charge < -0.3 is 20.1 Å². The molecule has 9 nitrogen and oxygen atoms in total. The largest absolute Gasteiger partial charge is 0.465 e. The van der Waals surface area contributed by atoms with Gasteiger partial charge in [0, 0.05) is 38.1 Å². The van der Waals surface area contributed by atoms with E-state index in [1.165, 1.54) is 7.11 Å². The Bertz CT molecular complexity index is 806. The number of anilines is 2. The second kappa shape index (κ2) is 9.77. The van der Waals surface area contributed by atoms with E-state index in [1.54, 1.807) is 36.5 Å². The van der Waals surface area contributed by atoms with E-state index in [0.29, 0.717) is 23.7 Å². The molecule has 2 aromatic rings. The molecule has 1 aliphatic heterocycles. The summed E-state index contributed by atoms with van der Waals surface area (Å²) in [4.78, 5) is 34.6. The third-order valence-electron chi connectivity index (χ3n) is 4.27. The Kier molecular flexibility index (Phi) is 6.88. The number of nitrogens with zero attached hydrogens (tertiary/aromatic N) is 3. The maximum absolute atomic E-state index is 12.4. The average Bonchev–Trinajstić information content (AvgIpc) is 2.74. The van der Waals surface area contributed by atoms with E-state index >= 15 is 0 Å². The van der Waals surface area contributed by atoms with Gasteiger partial charge >= 0.3 is 5.97 Å². The van der Waals surface area contributed by atoms with Crippen LogP contribution in [0.15, 0.2) is 36.5 Å². The lowest BCUT2D eigenvalue weighted by Crippen LogP contribution is -2.39. The van der Waals surface area contributed by atoms with E-state index in [2.05, 4.69) is 30.2 Å². The topological polar surface area (TPSA) is 106 Å². The van der Waals surface area contributed by atoms with Gasteiger partial charge in [-0.25, -0.2) is 14.8 Å². The lowest BCUT2D eigenvalue weighted by Gasteiger charge is -2.26. The summed E-state index contributed by atoms with van der Waals surface area (Å²) >= 11 is 0. The molecule has 9 heteroatoms. The molecule has 2 heterocycles. The Morgan fingerprint density at radius 3 is 2.64 bits per heavy atom. The summed E-state index contributed by atoms with van der Waals surface area (Å²) < 4.78 is 9.98. The van der Waals surface area contributed by atoms with Crippen molar-refractivity contribution in [3.63, 3.8) is 0 Å². The third kappa shape index (κ3) is 5.48. The predicted molar refractivity (Wildman–Crippen MR) is 104 cm³/mol. The molecule has 0 saturated carbocycles. The Labute approximate surface area is 163 Å².